The molecule has 0 aliphatic heterocycles. The molecule has 34 heavy (non-hydrogen) atoms. The minimum atomic E-state index is -0.645. The Hall–Kier alpha value is -3.66. The SMILES string of the molecule is OC(CC(=C(OCCOCc1ccccc1)c1ccccc1)c1ccccc1)c1ccccc1. The molecule has 4 aromatic rings. The van der Waals surface area contributed by atoms with Gasteiger partial charge in [-0.15, -0.1) is 0 Å². The molecule has 0 heterocycles. The largest absolute Gasteiger partial charge is 0.490 e. The van der Waals surface area contributed by atoms with Crippen molar-refractivity contribution in [1.82, 2.24) is 0 Å². The van der Waals surface area contributed by atoms with Gasteiger partial charge in [0.15, 0.2) is 0 Å². The lowest BCUT2D eigenvalue weighted by atomic mass is 9.93. The zero-order valence-corrected chi connectivity index (χ0v) is 19.2. The highest BCUT2D eigenvalue weighted by molar-refractivity contribution is 5.87. The smallest absolute Gasteiger partial charge is 0.130 e. The van der Waals surface area contributed by atoms with Crippen LogP contribution < -0.4 is 0 Å². The van der Waals surface area contributed by atoms with E-state index in [1.165, 1.54) is 0 Å². The van der Waals surface area contributed by atoms with E-state index in [1.54, 1.807) is 0 Å². The first-order valence-corrected chi connectivity index (χ1v) is 11.6. The topological polar surface area (TPSA) is 38.7 Å². The van der Waals surface area contributed by atoms with Gasteiger partial charge in [-0.2, -0.15) is 0 Å². The molecule has 1 atom stereocenters. The van der Waals surface area contributed by atoms with Crippen LogP contribution in [0.4, 0.5) is 0 Å². The molecular formula is C31H30O3. The Morgan fingerprint density at radius 1 is 0.618 bits per heavy atom. The highest BCUT2D eigenvalue weighted by Crippen LogP contribution is 2.34. The molecule has 1 unspecified atom stereocenters. The van der Waals surface area contributed by atoms with E-state index in [1.807, 2.05) is 97.1 Å². The number of benzene rings is 4. The highest BCUT2D eigenvalue weighted by Gasteiger charge is 2.18. The summed E-state index contributed by atoms with van der Waals surface area (Å²) in [4.78, 5) is 0. The molecule has 0 saturated heterocycles. The summed E-state index contributed by atoms with van der Waals surface area (Å²) in [6, 6.07) is 40.1. The van der Waals surface area contributed by atoms with Gasteiger partial charge in [-0.05, 0) is 16.7 Å². The Labute approximate surface area is 201 Å². The van der Waals surface area contributed by atoms with Gasteiger partial charge >= 0.3 is 0 Å². The summed E-state index contributed by atoms with van der Waals surface area (Å²) in [5.74, 6) is 0.769. The van der Waals surface area contributed by atoms with E-state index in [9.17, 15) is 5.11 Å². The molecule has 0 saturated carbocycles. The van der Waals surface area contributed by atoms with Crippen molar-refractivity contribution in [2.75, 3.05) is 13.2 Å². The second-order valence-corrected chi connectivity index (χ2v) is 8.06. The predicted octanol–water partition coefficient (Wildman–Crippen LogP) is 6.91. The van der Waals surface area contributed by atoms with Gasteiger partial charge < -0.3 is 14.6 Å². The van der Waals surface area contributed by atoms with Gasteiger partial charge in [-0.1, -0.05) is 121 Å². The van der Waals surface area contributed by atoms with E-state index in [0.717, 1.165) is 33.6 Å². The average molecular weight is 451 g/mol. The normalized spacial score (nSPS) is 12.6. The molecule has 0 aliphatic carbocycles. The Morgan fingerprint density at radius 2 is 1.15 bits per heavy atom. The van der Waals surface area contributed by atoms with Gasteiger partial charge in [0.1, 0.15) is 12.4 Å². The molecule has 0 radical (unpaired) electrons. The van der Waals surface area contributed by atoms with Crippen molar-refractivity contribution in [1.29, 1.82) is 0 Å². The van der Waals surface area contributed by atoms with Crippen molar-refractivity contribution < 1.29 is 14.6 Å². The second kappa shape index (κ2) is 12.5. The van der Waals surface area contributed by atoms with E-state index in [0.29, 0.717) is 26.2 Å². The van der Waals surface area contributed by atoms with Gasteiger partial charge in [0.2, 0.25) is 0 Å². The highest BCUT2D eigenvalue weighted by atomic mass is 16.5. The van der Waals surface area contributed by atoms with Gasteiger partial charge in [0.05, 0.1) is 19.3 Å². The third kappa shape index (κ3) is 6.67. The monoisotopic (exact) mass is 450 g/mol. The zero-order chi connectivity index (χ0) is 23.4. The fourth-order valence-electron chi connectivity index (χ4n) is 3.87. The van der Waals surface area contributed by atoms with Crippen molar-refractivity contribution in [3.8, 4) is 0 Å². The predicted molar refractivity (Wildman–Crippen MR) is 138 cm³/mol. The Bertz CT molecular complexity index is 1140. The van der Waals surface area contributed by atoms with Gasteiger partial charge in [0, 0.05) is 17.6 Å². The van der Waals surface area contributed by atoms with Crippen molar-refractivity contribution >= 4 is 11.3 Å². The molecule has 3 heteroatoms. The fourth-order valence-corrected chi connectivity index (χ4v) is 3.87. The van der Waals surface area contributed by atoms with E-state index < -0.39 is 6.10 Å². The number of hydrogen-bond donors (Lipinski definition) is 1. The minimum Gasteiger partial charge on any atom is -0.490 e. The molecule has 4 rings (SSSR count). The summed E-state index contributed by atoms with van der Waals surface area (Å²) in [5, 5.41) is 11.1. The van der Waals surface area contributed by atoms with Gasteiger partial charge in [0.25, 0.3) is 0 Å². The summed E-state index contributed by atoms with van der Waals surface area (Å²) in [6.45, 7) is 1.43. The summed E-state index contributed by atoms with van der Waals surface area (Å²) in [6.07, 6.45) is -0.212. The Morgan fingerprint density at radius 3 is 1.76 bits per heavy atom. The molecule has 4 aromatic carbocycles. The van der Waals surface area contributed by atoms with Crippen LogP contribution in [0.25, 0.3) is 11.3 Å². The third-order valence-corrected chi connectivity index (χ3v) is 5.60. The van der Waals surface area contributed by atoms with Crippen LogP contribution >= 0.6 is 0 Å². The zero-order valence-electron chi connectivity index (χ0n) is 19.2. The van der Waals surface area contributed by atoms with E-state index in [4.69, 9.17) is 9.47 Å². The van der Waals surface area contributed by atoms with Gasteiger partial charge in [-0.25, -0.2) is 0 Å². The third-order valence-electron chi connectivity index (χ3n) is 5.60. The quantitative estimate of drug-likeness (QED) is 0.153. The number of aliphatic hydroxyl groups excluding tert-OH is 1. The molecule has 0 aliphatic rings. The van der Waals surface area contributed by atoms with Crippen molar-refractivity contribution in [3.05, 3.63) is 144 Å². The summed E-state index contributed by atoms with van der Waals surface area (Å²) in [5.41, 5.74) is 4.99. The molecule has 0 bridgehead atoms. The maximum absolute atomic E-state index is 11.1. The first-order valence-electron chi connectivity index (χ1n) is 11.6. The van der Waals surface area contributed by atoms with Crippen molar-refractivity contribution in [2.24, 2.45) is 0 Å². The van der Waals surface area contributed by atoms with Crippen molar-refractivity contribution in [2.45, 2.75) is 19.1 Å². The van der Waals surface area contributed by atoms with Crippen LogP contribution in [0.2, 0.25) is 0 Å². The van der Waals surface area contributed by atoms with Crippen LogP contribution in [-0.4, -0.2) is 18.3 Å². The fraction of sp³-hybridized carbons (Fsp3) is 0.161. The molecule has 172 valence electrons. The standard InChI is InChI=1S/C31H30O3/c32-30(27-17-9-3-10-18-27)23-29(26-15-7-2-8-16-26)31(28-19-11-4-12-20-28)34-22-21-33-24-25-13-5-1-6-14-25/h1-20,30,32H,21-24H2. The Kier molecular flexibility index (Phi) is 8.67. The lowest BCUT2D eigenvalue weighted by Crippen LogP contribution is -2.07. The van der Waals surface area contributed by atoms with Crippen LogP contribution in [0.3, 0.4) is 0 Å². The molecule has 0 amide bonds. The lowest BCUT2D eigenvalue weighted by Gasteiger charge is -2.20. The van der Waals surface area contributed by atoms with Crippen molar-refractivity contribution in [3.63, 3.8) is 0 Å². The molecular weight excluding hydrogens is 420 g/mol. The van der Waals surface area contributed by atoms with Crippen LogP contribution in [-0.2, 0) is 16.1 Å². The maximum atomic E-state index is 11.1. The lowest BCUT2D eigenvalue weighted by molar-refractivity contribution is 0.0806. The molecule has 0 fully saturated rings. The first kappa shape index (κ1) is 23.5. The minimum absolute atomic E-state index is 0.412. The van der Waals surface area contributed by atoms with E-state index >= 15 is 0 Å². The summed E-state index contributed by atoms with van der Waals surface area (Å²) >= 11 is 0. The average Bonchev–Trinajstić information content (AvgIpc) is 2.92. The summed E-state index contributed by atoms with van der Waals surface area (Å²) in [7, 11) is 0. The molecule has 0 aromatic heterocycles. The maximum Gasteiger partial charge on any atom is 0.130 e. The van der Waals surface area contributed by atoms with Crippen LogP contribution in [0.1, 0.15) is 34.8 Å². The van der Waals surface area contributed by atoms with Crippen LogP contribution in [0.5, 0.6) is 0 Å². The van der Waals surface area contributed by atoms with Gasteiger partial charge in [-0.3, -0.25) is 0 Å². The van der Waals surface area contributed by atoms with E-state index in [-0.39, 0.29) is 0 Å². The molecule has 1 N–H and O–H groups in total. The van der Waals surface area contributed by atoms with Crippen LogP contribution in [0.15, 0.2) is 121 Å². The Balaban J connectivity index is 1.58. The summed E-state index contributed by atoms with van der Waals surface area (Å²) < 4.78 is 12.2. The first-order chi connectivity index (χ1) is 16.8. The number of rotatable bonds is 11. The second-order valence-electron chi connectivity index (χ2n) is 8.06. The van der Waals surface area contributed by atoms with E-state index in [2.05, 4.69) is 24.3 Å². The molecule has 0 spiro atoms. The number of hydrogen-bond acceptors (Lipinski definition) is 3. The molecule has 3 nitrogen and oxygen atoms in total. The number of aliphatic hydroxyl groups is 1. The number of ether oxygens (including phenoxy) is 2. The van der Waals surface area contributed by atoms with Crippen LogP contribution in [0, 0.1) is 0 Å².